The lowest BCUT2D eigenvalue weighted by atomic mass is 9.83. The van der Waals surface area contributed by atoms with E-state index in [-0.39, 0.29) is 18.3 Å². The Balaban J connectivity index is 1.79. The molecule has 0 aliphatic heterocycles. The topological polar surface area (TPSA) is 68.3 Å². The van der Waals surface area contributed by atoms with Crippen LogP contribution >= 0.6 is 11.3 Å². The Morgan fingerprint density at radius 3 is 2.95 bits per heavy atom. The molecular weight excluding hydrogens is 264 g/mol. The minimum Gasteiger partial charge on any atom is -0.466 e. The lowest BCUT2D eigenvalue weighted by molar-refractivity contribution is -0.142. The lowest BCUT2D eigenvalue weighted by Crippen LogP contribution is -2.20. The number of hydrogen-bond acceptors (Lipinski definition) is 5. The van der Waals surface area contributed by atoms with Crippen LogP contribution in [0.3, 0.4) is 0 Å². The molecule has 1 N–H and O–H groups in total. The van der Waals surface area contributed by atoms with E-state index in [9.17, 15) is 9.59 Å². The molecule has 1 aliphatic rings. The van der Waals surface area contributed by atoms with Crippen molar-refractivity contribution in [1.82, 2.24) is 4.98 Å². The summed E-state index contributed by atoms with van der Waals surface area (Å²) in [5.41, 5.74) is 0.641. The number of hydrogen-bond donors (Lipinski definition) is 1. The van der Waals surface area contributed by atoms with Crippen molar-refractivity contribution < 1.29 is 14.3 Å². The number of anilines is 1. The Morgan fingerprint density at radius 1 is 1.53 bits per heavy atom. The van der Waals surface area contributed by atoms with Crippen molar-refractivity contribution >= 4 is 28.3 Å². The van der Waals surface area contributed by atoms with E-state index in [1.54, 1.807) is 12.3 Å². The Hall–Kier alpha value is -1.43. The van der Waals surface area contributed by atoms with Gasteiger partial charge in [-0.1, -0.05) is 6.42 Å². The highest BCUT2D eigenvalue weighted by Gasteiger charge is 2.21. The number of amides is 1. The van der Waals surface area contributed by atoms with Crippen LogP contribution in [0.15, 0.2) is 5.38 Å². The third kappa shape index (κ3) is 4.31. The van der Waals surface area contributed by atoms with E-state index in [1.165, 1.54) is 17.8 Å². The average molecular weight is 282 g/mol. The summed E-state index contributed by atoms with van der Waals surface area (Å²) in [5, 5.41) is 5.12. The van der Waals surface area contributed by atoms with E-state index >= 15 is 0 Å². The van der Waals surface area contributed by atoms with Crippen LogP contribution < -0.4 is 5.32 Å². The molecule has 0 bridgehead atoms. The van der Waals surface area contributed by atoms with Crippen LogP contribution in [0.1, 0.15) is 38.3 Å². The third-order valence-corrected chi connectivity index (χ3v) is 3.93. The number of nitrogens with one attached hydrogen (secondary N) is 1. The van der Waals surface area contributed by atoms with Gasteiger partial charge in [0.25, 0.3) is 0 Å². The van der Waals surface area contributed by atoms with E-state index in [2.05, 4.69) is 10.3 Å². The molecular formula is C13H18N2O3S. The lowest BCUT2D eigenvalue weighted by Gasteiger charge is -2.24. The molecule has 0 aromatic carbocycles. The molecule has 1 saturated carbocycles. The van der Waals surface area contributed by atoms with E-state index in [0.29, 0.717) is 29.8 Å². The number of ether oxygens (including phenoxy) is 1. The highest BCUT2D eigenvalue weighted by atomic mass is 32.1. The first-order valence-corrected chi connectivity index (χ1v) is 7.45. The Labute approximate surface area is 116 Å². The van der Waals surface area contributed by atoms with Crippen LogP contribution in [0.4, 0.5) is 5.13 Å². The Morgan fingerprint density at radius 2 is 2.32 bits per heavy atom. The number of esters is 1. The van der Waals surface area contributed by atoms with Crippen molar-refractivity contribution in [3.8, 4) is 0 Å². The molecule has 1 heterocycles. The zero-order valence-corrected chi connectivity index (χ0v) is 11.8. The Kier molecular flexibility index (Phi) is 4.90. The number of carbonyl (C=O) groups excluding carboxylic acids is 2. The van der Waals surface area contributed by atoms with Gasteiger partial charge in [-0.3, -0.25) is 9.59 Å². The molecule has 5 nitrogen and oxygen atoms in total. The molecule has 1 amide bonds. The van der Waals surface area contributed by atoms with Crippen molar-refractivity contribution in [2.75, 3.05) is 11.9 Å². The molecule has 1 aromatic heterocycles. The maximum Gasteiger partial charge on any atom is 0.311 e. The minimum atomic E-state index is -0.292. The van der Waals surface area contributed by atoms with Gasteiger partial charge in [-0.2, -0.15) is 0 Å². The van der Waals surface area contributed by atoms with Crippen LogP contribution in [0, 0.1) is 5.92 Å². The van der Waals surface area contributed by atoms with Crippen LogP contribution in [0.25, 0.3) is 0 Å². The summed E-state index contributed by atoms with van der Waals surface area (Å²) in [7, 11) is 0. The fourth-order valence-electron chi connectivity index (χ4n) is 1.93. The molecule has 19 heavy (non-hydrogen) atoms. The van der Waals surface area contributed by atoms with Crippen molar-refractivity contribution in [1.29, 1.82) is 0 Å². The first-order chi connectivity index (χ1) is 9.17. The summed E-state index contributed by atoms with van der Waals surface area (Å²) in [6, 6.07) is 0. The van der Waals surface area contributed by atoms with Crippen molar-refractivity contribution in [3.63, 3.8) is 0 Å². The highest BCUT2D eigenvalue weighted by molar-refractivity contribution is 7.13. The normalized spacial score (nSPS) is 14.8. The van der Waals surface area contributed by atoms with Crippen LogP contribution in [0.5, 0.6) is 0 Å². The smallest absolute Gasteiger partial charge is 0.311 e. The van der Waals surface area contributed by atoms with Gasteiger partial charge in [-0.05, 0) is 25.7 Å². The molecule has 1 aromatic rings. The van der Waals surface area contributed by atoms with E-state index in [1.807, 2.05) is 0 Å². The molecule has 0 unspecified atom stereocenters. The summed E-state index contributed by atoms with van der Waals surface area (Å²) >= 11 is 1.34. The highest BCUT2D eigenvalue weighted by Crippen LogP contribution is 2.29. The molecule has 1 aliphatic carbocycles. The zero-order chi connectivity index (χ0) is 13.7. The van der Waals surface area contributed by atoms with Crippen LogP contribution in [0.2, 0.25) is 0 Å². The molecule has 0 saturated heterocycles. The SMILES string of the molecule is CCOC(=O)Cc1csc(NC(=O)CC2CCC2)n1. The number of carbonyl (C=O) groups is 2. The average Bonchev–Trinajstić information content (AvgIpc) is 2.71. The summed E-state index contributed by atoms with van der Waals surface area (Å²) in [6.07, 6.45) is 4.27. The van der Waals surface area contributed by atoms with Gasteiger partial charge in [0.2, 0.25) is 5.91 Å². The summed E-state index contributed by atoms with van der Waals surface area (Å²) < 4.78 is 4.85. The van der Waals surface area contributed by atoms with Crippen LogP contribution in [-0.2, 0) is 20.7 Å². The van der Waals surface area contributed by atoms with Crippen LogP contribution in [-0.4, -0.2) is 23.5 Å². The molecule has 104 valence electrons. The second-order valence-electron chi connectivity index (χ2n) is 4.68. The number of thiazole rings is 1. The molecule has 6 heteroatoms. The van der Waals surface area contributed by atoms with Gasteiger partial charge in [0, 0.05) is 11.8 Å². The van der Waals surface area contributed by atoms with Crippen molar-refractivity contribution in [3.05, 3.63) is 11.1 Å². The molecule has 0 atom stereocenters. The maximum absolute atomic E-state index is 11.7. The van der Waals surface area contributed by atoms with Gasteiger partial charge >= 0.3 is 5.97 Å². The fraction of sp³-hybridized carbons (Fsp3) is 0.615. The summed E-state index contributed by atoms with van der Waals surface area (Å²) in [6.45, 7) is 2.14. The fourth-order valence-corrected chi connectivity index (χ4v) is 2.66. The molecule has 1 fully saturated rings. The predicted octanol–water partition coefficient (Wildman–Crippen LogP) is 2.38. The quantitative estimate of drug-likeness (QED) is 0.813. The number of aromatic nitrogens is 1. The first kappa shape index (κ1) is 14.0. The summed E-state index contributed by atoms with van der Waals surface area (Å²) in [5.74, 6) is 0.265. The third-order valence-electron chi connectivity index (χ3n) is 3.13. The standard InChI is InChI=1S/C13H18N2O3S/c1-2-18-12(17)7-10-8-19-13(14-10)15-11(16)6-9-4-3-5-9/h8-9H,2-7H2,1H3,(H,14,15,16). The van der Waals surface area contributed by atoms with Crippen molar-refractivity contribution in [2.24, 2.45) is 5.92 Å². The second-order valence-corrected chi connectivity index (χ2v) is 5.53. The van der Waals surface area contributed by atoms with Gasteiger partial charge in [-0.25, -0.2) is 4.98 Å². The van der Waals surface area contributed by atoms with E-state index in [0.717, 1.165) is 12.8 Å². The van der Waals surface area contributed by atoms with Gasteiger partial charge < -0.3 is 10.1 Å². The molecule has 2 rings (SSSR count). The number of nitrogens with zero attached hydrogens (tertiary/aromatic N) is 1. The predicted molar refractivity (Wildman–Crippen MR) is 73.0 cm³/mol. The first-order valence-electron chi connectivity index (χ1n) is 6.57. The van der Waals surface area contributed by atoms with Gasteiger partial charge in [0.15, 0.2) is 5.13 Å². The largest absolute Gasteiger partial charge is 0.466 e. The molecule has 0 radical (unpaired) electrons. The summed E-state index contributed by atoms with van der Waals surface area (Å²) in [4.78, 5) is 27.2. The van der Waals surface area contributed by atoms with Gasteiger partial charge in [0.1, 0.15) is 0 Å². The van der Waals surface area contributed by atoms with Crippen molar-refractivity contribution in [2.45, 2.75) is 39.0 Å². The Bertz CT molecular complexity index is 454. The second kappa shape index (κ2) is 6.65. The van der Waals surface area contributed by atoms with Gasteiger partial charge in [0.05, 0.1) is 18.7 Å². The monoisotopic (exact) mass is 282 g/mol. The van der Waals surface area contributed by atoms with E-state index in [4.69, 9.17) is 4.74 Å². The molecule has 0 spiro atoms. The van der Waals surface area contributed by atoms with E-state index < -0.39 is 0 Å². The number of rotatable bonds is 6. The zero-order valence-electron chi connectivity index (χ0n) is 11.0. The minimum absolute atomic E-state index is 0.0155. The maximum atomic E-state index is 11.7. The van der Waals surface area contributed by atoms with Gasteiger partial charge in [-0.15, -0.1) is 11.3 Å².